The number of benzene rings is 2. The van der Waals surface area contributed by atoms with Crippen molar-refractivity contribution in [3.05, 3.63) is 52.0 Å². The second-order valence-electron chi connectivity index (χ2n) is 4.79. The van der Waals surface area contributed by atoms with Crippen LogP contribution in [0.15, 0.2) is 41.3 Å². The molecule has 0 fully saturated rings. The van der Waals surface area contributed by atoms with E-state index in [1.54, 1.807) is 24.3 Å². The molecule has 22 heavy (non-hydrogen) atoms. The highest BCUT2D eigenvalue weighted by molar-refractivity contribution is 7.92. The molecule has 5 nitrogen and oxygen atoms in total. The van der Waals surface area contributed by atoms with Gasteiger partial charge in [0, 0.05) is 0 Å². The molecule has 0 unspecified atom stereocenters. The predicted molar refractivity (Wildman–Crippen MR) is 88.1 cm³/mol. The SMILES string of the molecule is Cc1ccc(S(=O)(=O)Nc2nc3cc(Cl)c(Cl)cc3[nH]2)cc1. The molecule has 1 aromatic heterocycles. The summed E-state index contributed by atoms with van der Waals surface area (Å²) in [7, 11) is -3.71. The largest absolute Gasteiger partial charge is 0.323 e. The van der Waals surface area contributed by atoms with Crippen LogP contribution in [0.25, 0.3) is 11.0 Å². The molecule has 0 radical (unpaired) electrons. The van der Waals surface area contributed by atoms with E-state index in [1.165, 1.54) is 12.1 Å². The van der Waals surface area contributed by atoms with Crippen molar-refractivity contribution < 1.29 is 8.42 Å². The fourth-order valence-corrected chi connectivity index (χ4v) is 3.24. The Morgan fingerprint density at radius 1 is 1.09 bits per heavy atom. The third-order valence-corrected chi connectivity index (χ3v) is 5.16. The van der Waals surface area contributed by atoms with Gasteiger partial charge in [0.05, 0.1) is 26.0 Å². The molecule has 0 atom stereocenters. The van der Waals surface area contributed by atoms with Gasteiger partial charge in [0.1, 0.15) is 0 Å². The van der Waals surface area contributed by atoms with Gasteiger partial charge in [0.25, 0.3) is 10.0 Å². The molecule has 114 valence electrons. The van der Waals surface area contributed by atoms with Gasteiger partial charge in [-0.15, -0.1) is 0 Å². The van der Waals surface area contributed by atoms with E-state index >= 15 is 0 Å². The Morgan fingerprint density at radius 2 is 1.73 bits per heavy atom. The van der Waals surface area contributed by atoms with Crippen LogP contribution in [0, 0.1) is 6.92 Å². The van der Waals surface area contributed by atoms with Crippen molar-refractivity contribution >= 4 is 50.2 Å². The molecular weight excluding hydrogens is 345 g/mol. The van der Waals surface area contributed by atoms with Crippen LogP contribution in [-0.4, -0.2) is 18.4 Å². The minimum atomic E-state index is -3.71. The minimum Gasteiger partial charge on any atom is -0.323 e. The topological polar surface area (TPSA) is 74.8 Å². The van der Waals surface area contributed by atoms with Crippen molar-refractivity contribution in [2.45, 2.75) is 11.8 Å². The van der Waals surface area contributed by atoms with Crippen LogP contribution in [-0.2, 0) is 10.0 Å². The Kier molecular flexibility index (Phi) is 3.76. The number of aryl methyl sites for hydroxylation is 1. The third-order valence-electron chi connectivity index (χ3n) is 3.09. The Balaban J connectivity index is 1.96. The number of rotatable bonds is 3. The van der Waals surface area contributed by atoms with E-state index in [9.17, 15) is 8.42 Å². The van der Waals surface area contributed by atoms with Crippen LogP contribution in [0.3, 0.4) is 0 Å². The second-order valence-corrected chi connectivity index (χ2v) is 7.28. The lowest BCUT2D eigenvalue weighted by atomic mass is 10.2. The Hall–Kier alpha value is -1.76. The highest BCUT2D eigenvalue weighted by Gasteiger charge is 2.16. The van der Waals surface area contributed by atoms with Crippen molar-refractivity contribution in [1.29, 1.82) is 0 Å². The lowest BCUT2D eigenvalue weighted by molar-refractivity contribution is 0.601. The van der Waals surface area contributed by atoms with Gasteiger partial charge in [-0.05, 0) is 31.2 Å². The van der Waals surface area contributed by atoms with Gasteiger partial charge in [0.15, 0.2) is 0 Å². The normalized spacial score (nSPS) is 11.8. The van der Waals surface area contributed by atoms with E-state index in [-0.39, 0.29) is 10.8 Å². The molecule has 0 bridgehead atoms. The number of aromatic amines is 1. The summed E-state index contributed by atoms with van der Waals surface area (Å²) in [5, 5.41) is 0.722. The Bertz CT molecular complexity index is 911. The van der Waals surface area contributed by atoms with Crippen LogP contribution in [0.5, 0.6) is 0 Å². The number of aromatic nitrogens is 2. The summed E-state index contributed by atoms with van der Waals surface area (Å²) in [6, 6.07) is 9.69. The predicted octanol–water partition coefficient (Wildman–Crippen LogP) is 3.98. The molecule has 3 rings (SSSR count). The summed E-state index contributed by atoms with van der Waals surface area (Å²) in [5.74, 6) is 0.105. The van der Waals surface area contributed by atoms with Gasteiger partial charge in [-0.25, -0.2) is 18.1 Å². The van der Waals surface area contributed by atoms with E-state index in [4.69, 9.17) is 23.2 Å². The first kappa shape index (κ1) is 15.1. The quantitative estimate of drug-likeness (QED) is 0.745. The van der Waals surface area contributed by atoms with Crippen LogP contribution in [0.2, 0.25) is 10.0 Å². The maximum Gasteiger partial charge on any atom is 0.264 e. The molecule has 3 aromatic rings. The molecule has 0 saturated carbocycles. The van der Waals surface area contributed by atoms with Gasteiger partial charge in [-0.3, -0.25) is 0 Å². The number of sulfonamides is 1. The molecule has 0 aliphatic rings. The van der Waals surface area contributed by atoms with Crippen molar-refractivity contribution in [1.82, 2.24) is 9.97 Å². The molecule has 0 spiro atoms. The molecule has 2 N–H and O–H groups in total. The minimum absolute atomic E-state index is 0.105. The third kappa shape index (κ3) is 2.90. The zero-order valence-electron chi connectivity index (χ0n) is 11.4. The highest BCUT2D eigenvalue weighted by atomic mass is 35.5. The maximum absolute atomic E-state index is 12.3. The van der Waals surface area contributed by atoms with Gasteiger partial charge in [-0.1, -0.05) is 40.9 Å². The molecule has 0 aliphatic carbocycles. The molecular formula is C14H11Cl2N3O2S. The summed E-state index contributed by atoms with van der Waals surface area (Å²) in [4.78, 5) is 7.17. The van der Waals surface area contributed by atoms with Crippen molar-refractivity contribution in [2.24, 2.45) is 0 Å². The first-order valence-electron chi connectivity index (χ1n) is 6.29. The van der Waals surface area contributed by atoms with E-state index in [2.05, 4.69) is 14.7 Å². The van der Waals surface area contributed by atoms with Crippen LogP contribution < -0.4 is 4.72 Å². The van der Waals surface area contributed by atoms with Crippen molar-refractivity contribution in [3.8, 4) is 0 Å². The van der Waals surface area contributed by atoms with Crippen LogP contribution in [0.4, 0.5) is 5.95 Å². The number of fused-ring (bicyclic) bond motifs is 1. The highest BCUT2D eigenvalue weighted by Crippen LogP contribution is 2.27. The van der Waals surface area contributed by atoms with E-state index < -0.39 is 10.0 Å². The average Bonchev–Trinajstić information content (AvgIpc) is 2.80. The van der Waals surface area contributed by atoms with Crippen molar-refractivity contribution in [2.75, 3.05) is 4.72 Å². The molecule has 8 heteroatoms. The lowest BCUT2D eigenvalue weighted by Crippen LogP contribution is -2.13. The van der Waals surface area contributed by atoms with E-state index in [0.717, 1.165) is 5.56 Å². The van der Waals surface area contributed by atoms with Gasteiger partial charge in [-0.2, -0.15) is 0 Å². The summed E-state index contributed by atoms with van der Waals surface area (Å²) in [6.07, 6.45) is 0. The summed E-state index contributed by atoms with van der Waals surface area (Å²) in [5.41, 5.74) is 2.10. The zero-order valence-corrected chi connectivity index (χ0v) is 13.7. The van der Waals surface area contributed by atoms with Crippen LogP contribution in [0.1, 0.15) is 5.56 Å². The summed E-state index contributed by atoms with van der Waals surface area (Å²) >= 11 is 11.8. The maximum atomic E-state index is 12.3. The molecule has 2 aromatic carbocycles. The van der Waals surface area contributed by atoms with Gasteiger partial charge >= 0.3 is 0 Å². The number of nitrogens with one attached hydrogen (secondary N) is 2. The molecule has 1 heterocycles. The number of halogens is 2. The van der Waals surface area contributed by atoms with Crippen LogP contribution >= 0.6 is 23.2 Å². The summed E-state index contributed by atoms with van der Waals surface area (Å²) in [6.45, 7) is 1.89. The first-order chi connectivity index (χ1) is 10.3. The number of H-pyrrole nitrogens is 1. The zero-order chi connectivity index (χ0) is 15.9. The number of hydrogen-bond acceptors (Lipinski definition) is 3. The Morgan fingerprint density at radius 3 is 2.41 bits per heavy atom. The second kappa shape index (κ2) is 5.46. The standard InChI is InChI=1S/C14H11Cl2N3O2S/c1-8-2-4-9(5-3-8)22(20,21)19-14-17-12-6-10(15)11(16)7-13(12)18-14/h2-7H,1H3,(H2,17,18,19). The van der Waals surface area contributed by atoms with E-state index in [1.807, 2.05) is 6.92 Å². The molecule has 0 saturated heterocycles. The van der Waals surface area contributed by atoms with E-state index in [0.29, 0.717) is 21.1 Å². The monoisotopic (exact) mass is 355 g/mol. The lowest BCUT2D eigenvalue weighted by Gasteiger charge is -2.05. The number of hydrogen-bond donors (Lipinski definition) is 2. The number of nitrogens with zero attached hydrogens (tertiary/aromatic N) is 1. The average molecular weight is 356 g/mol. The number of imidazole rings is 1. The fraction of sp³-hybridized carbons (Fsp3) is 0.0714. The fourth-order valence-electron chi connectivity index (χ4n) is 1.96. The summed E-state index contributed by atoms with van der Waals surface area (Å²) < 4.78 is 27.0. The van der Waals surface area contributed by atoms with Crippen molar-refractivity contribution in [3.63, 3.8) is 0 Å². The Labute approximate surface area is 137 Å². The molecule has 0 aliphatic heterocycles. The smallest absolute Gasteiger partial charge is 0.264 e. The number of anilines is 1. The van der Waals surface area contributed by atoms with Gasteiger partial charge in [0.2, 0.25) is 5.95 Å². The van der Waals surface area contributed by atoms with Gasteiger partial charge < -0.3 is 4.98 Å². The molecule has 0 amide bonds. The first-order valence-corrected chi connectivity index (χ1v) is 8.53.